The Kier molecular flexibility index (Phi) is 3.69. The number of ether oxygens (including phenoxy) is 1. The molecule has 0 aliphatic carbocycles. The maximum Gasteiger partial charge on any atom is 0.0941 e. The van der Waals surface area contributed by atoms with Crippen molar-refractivity contribution in [3.8, 4) is 0 Å². The van der Waals surface area contributed by atoms with E-state index >= 15 is 0 Å². The molecule has 1 aliphatic rings. The van der Waals surface area contributed by atoms with E-state index in [1.165, 1.54) is 0 Å². The molecule has 4 nitrogen and oxygen atoms in total. The Morgan fingerprint density at radius 1 is 1.80 bits per heavy atom. The van der Waals surface area contributed by atoms with Gasteiger partial charge in [0.2, 0.25) is 0 Å². The number of thiazole rings is 1. The summed E-state index contributed by atoms with van der Waals surface area (Å²) in [5.41, 5.74) is 6.12. The highest BCUT2D eigenvalue weighted by molar-refractivity contribution is 7.09. The fraction of sp³-hybridized carbons (Fsp3) is 0.700. The molecule has 1 aliphatic heterocycles. The van der Waals surface area contributed by atoms with Crippen molar-refractivity contribution < 1.29 is 4.74 Å². The molecule has 84 valence electrons. The predicted octanol–water partition coefficient (Wildman–Crippen LogP) is 0.343. The van der Waals surface area contributed by atoms with E-state index in [0.717, 1.165) is 31.1 Å². The number of rotatable bonds is 3. The molecule has 1 aromatic heterocycles. The minimum absolute atomic E-state index is 0.0545. The summed E-state index contributed by atoms with van der Waals surface area (Å²) >= 11 is 1.66. The third kappa shape index (κ3) is 2.98. The van der Waals surface area contributed by atoms with Gasteiger partial charge in [-0.2, -0.15) is 0 Å². The van der Waals surface area contributed by atoms with Crippen LogP contribution in [-0.2, 0) is 11.2 Å². The number of aromatic nitrogens is 1. The van der Waals surface area contributed by atoms with E-state index in [2.05, 4.69) is 16.9 Å². The highest BCUT2D eigenvalue weighted by atomic mass is 32.1. The van der Waals surface area contributed by atoms with Gasteiger partial charge in [0.25, 0.3) is 0 Å². The van der Waals surface area contributed by atoms with Crippen molar-refractivity contribution >= 4 is 11.3 Å². The molecule has 0 aromatic carbocycles. The van der Waals surface area contributed by atoms with Crippen LogP contribution in [0, 0.1) is 0 Å². The average Bonchev–Trinajstić information content (AvgIpc) is 2.70. The zero-order valence-corrected chi connectivity index (χ0v) is 9.74. The second-order valence-corrected chi connectivity index (χ2v) is 4.94. The summed E-state index contributed by atoms with van der Waals surface area (Å²) in [5, 5.41) is 3.08. The molecule has 5 heteroatoms. The third-order valence-corrected chi connectivity index (χ3v) is 3.47. The molecule has 2 heterocycles. The summed E-state index contributed by atoms with van der Waals surface area (Å²) in [4.78, 5) is 6.50. The molecule has 0 bridgehead atoms. The van der Waals surface area contributed by atoms with Crippen molar-refractivity contribution in [1.82, 2.24) is 9.88 Å². The van der Waals surface area contributed by atoms with Crippen LogP contribution in [-0.4, -0.2) is 48.8 Å². The normalized spacial score (nSPS) is 25.3. The Morgan fingerprint density at radius 2 is 2.67 bits per heavy atom. The number of likely N-dealkylation sites (N-methyl/N-ethyl adjacent to an activating group) is 1. The van der Waals surface area contributed by atoms with Crippen LogP contribution in [0.15, 0.2) is 11.6 Å². The van der Waals surface area contributed by atoms with Crippen LogP contribution in [0.25, 0.3) is 0 Å². The van der Waals surface area contributed by atoms with Gasteiger partial charge in [-0.25, -0.2) is 4.98 Å². The molecule has 1 fully saturated rings. The zero-order valence-electron chi connectivity index (χ0n) is 8.93. The smallest absolute Gasteiger partial charge is 0.0941 e. The fourth-order valence-electron chi connectivity index (χ4n) is 1.76. The first-order valence-corrected chi connectivity index (χ1v) is 6.08. The van der Waals surface area contributed by atoms with E-state index in [9.17, 15) is 0 Å². The second kappa shape index (κ2) is 5.03. The van der Waals surface area contributed by atoms with Crippen molar-refractivity contribution in [2.45, 2.75) is 18.6 Å². The molecule has 0 saturated carbocycles. The molecule has 0 radical (unpaired) electrons. The van der Waals surface area contributed by atoms with Crippen LogP contribution in [0.5, 0.6) is 0 Å². The SMILES string of the molecule is CN1CCOC(C(N)Cc2nccs2)C1. The van der Waals surface area contributed by atoms with Crippen LogP contribution in [0.4, 0.5) is 0 Å². The van der Waals surface area contributed by atoms with Gasteiger partial charge >= 0.3 is 0 Å². The summed E-state index contributed by atoms with van der Waals surface area (Å²) in [6.07, 6.45) is 2.78. The van der Waals surface area contributed by atoms with Gasteiger partial charge in [0.15, 0.2) is 0 Å². The highest BCUT2D eigenvalue weighted by Crippen LogP contribution is 2.12. The van der Waals surface area contributed by atoms with Crippen molar-refractivity contribution in [3.05, 3.63) is 16.6 Å². The largest absolute Gasteiger partial charge is 0.374 e. The lowest BCUT2D eigenvalue weighted by molar-refractivity contribution is -0.0319. The molecule has 2 N–H and O–H groups in total. The maximum absolute atomic E-state index is 6.12. The molecule has 1 saturated heterocycles. The van der Waals surface area contributed by atoms with Gasteiger partial charge in [-0.15, -0.1) is 11.3 Å². The Balaban J connectivity index is 1.87. The number of hydrogen-bond donors (Lipinski definition) is 1. The monoisotopic (exact) mass is 227 g/mol. The highest BCUT2D eigenvalue weighted by Gasteiger charge is 2.24. The first-order chi connectivity index (χ1) is 7.25. The van der Waals surface area contributed by atoms with Gasteiger partial charge in [0.05, 0.1) is 17.7 Å². The average molecular weight is 227 g/mol. The van der Waals surface area contributed by atoms with Crippen molar-refractivity contribution in [3.63, 3.8) is 0 Å². The number of nitrogens with zero attached hydrogens (tertiary/aromatic N) is 2. The van der Waals surface area contributed by atoms with Gasteiger partial charge in [-0.3, -0.25) is 0 Å². The molecule has 0 spiro atoms. The summed E-state index contributed by atoms with van der Waals surface area (Å²) in [5.74, 6) is 0. The van der Waals surface area contributed by atoms with E-state index in [1.54, 1.807) is 11.3 Å². The summed E-state index contributed by atoms with van der Waals surface area (Å²) < 4.78 is 5.67. The standard InChI is InChI=1S/C10H17N3OS/c1-13-3-4-14-9(7-13)8(11)6-10-12-2-5-15-10/h2,5,8-9H,3-4,6-7,11H2,1H3. The van der Waals surface area contributed by atoms with Gasteiger partial charge < -0.3 is 15.4 Å². The predicted molar refractivity (Wildman–Crippen MR) is 61.0 cm³/mol. The van der Waals surface area contributed by atoms with Crippen molar-refractivity contribution in [2.75, 3.05) is 26.7 Å². The minimum Gasteiger partial charge on any atom is -0.374 e. The van der Waals surface area contributed by atoms with Crippen LogP contribution < -0.4 is 5.73 Å². The van der Waals surface area contributed by atoms with Gasteiger partial charge in [-0.1, -0.05) is 0 Å². The van der Waals surface area contributed by atoms with Gasteiger partial charge in [-0.05, 0) is 7.05 Å². The van der Waals surface area contributed by atoms with Crippen LogP contribution in [0.2, 0.25) is 0 Å². The Labute approximate surface area is 94.1 Å². The maximum atomic E-state index is 6.12. The Bertz CT molecular complexity index is 291. The van der Waals surface area contributed by atoms with E-state index < -0.39 is 0 Å². The first-order valence-electron chi connectivity index (χ1n) is 5.20. The first kappa shape index (κ1) is 11.0. The van der Waals surface area contributed by atoms with Gasteiger partial charge in [0.1, 0.15) is 0 Å². The van der Waals surface area contributed by atoms with E-state index in [0.29, 0.717) is 0 Å². The summed E-state index contributed by atoms with van der Waals surface area (Å²) in [7, 11) is 2.10. The fourth-order valence-corrected chi connectivity index (χ4v) is 2.45. The van der Waals surface area contributed by atoms with E-state index in [4.69, 9.17) is 10.5 Å². The topological polar surface area (TPSA) is 51.4 Å². The quantitative estimate of drug-likeness (QED) is 0.809. The third-order valence-electron chi connectivity index (χ3n) is 2.67. The molecular weight excluding hydrogens is 210 g/mol. The van der Waals surface area contributed by atoms with Crippen molar-refractivity contribution in [2.24, 2.45) is 5.73 Å². The molecule has 0 amide bonds. The van der Waals surface area contributed by atoms with Crippen LogP contribution >= 0.6 is 11.3 Å². The lowest BCUT2D eigenvalue weighted by Gasteiger charge is -2.33. The zero-order chi connectivity index (χ0) is 10.7. The van der Waals surface area contributed by atoms with E-state index in [1.807, 2.05) is 11.6 Å². The number of hydrogen-bond acceptors (Lipinski definition) is 5. The molecule has 2 unspecified atom stereocenters. The lowest BCUT2D eigenvalue weighted by atomic mass is 10.1. The van der Waals surface area contributed by atoms with Crippen LogP contribution in [0.3, 0.4) is 0 Å². The lowest BCUT2D eigenvalue weighted by Crippen LogP contribution is -2.50. The number of morpholine rings is 1. The summed E-state index contributed by atoms with van der Waals surface area (Å²) in [6, 6.07) is 0.0545. The molecule has 1 aromatic rings. The number of nitrogens with two attached hydrogens (primary N) is 1. The van der Waals surface area contributed by atoms with E-state index in [-0.39, 0.29) is 12.1 Å². The molecule has 2 atom stereocenters. The Morgan fingerprint density at radius 3 is 3.33 bits per heavy atom. The molecule has 15 heavy (non-hydrogen) atoms. The molecular formula is C10H17N3OS. The van der Waals surface area contributed by atoms with Gasteiger partial charge in [0, 0.05) is 37.1 Å². The second-order valence-electron chi connectivity index (χ2n) is 3.97. The van der Waals surface area contributed by atoms with Crippen molar-refractivity contribution in [1.29, 1.82) is 0 Å². The summed E-state index contributed by atoms with van der Waals surface area (Å²) in [6.45, 7) is 2.71. The Hall–Kier alpha value is -0.490. The molecule has 2 rings (SSSR count). The van der Waals surface area contributed by atoms with Crippen LogP contribution in [0.1, 0.15) is 5.01 Å². The minimum atomic E-state index is 0.0545.